The summed E-state index contributed by atoms with van der Waals surface area (Å²) in [4.78, 5) is 0. The minimum atomic E-state index is 0.219. The van der Waals surface area contributed by atoms with Crippen LogP contribution < -0.4 is 4.74 Å². The Kier molecular flexibility index (Phi) is 4.36. The van der Waals surface area contributed by atoms with Crippen LogP contribution in [-0.4, -0.2) is 15.9 Å². The normalized spacial score (nSPS) is 18.0. The molecule has 0 N–H and O–H groups in total. The minimum absolute atomic E-state index is 0.219. The van der Waals surface area contributed by atoms with E-state index >= 15 is 0 Å². The molecule has 1 aromatic rings. The van der Waals surface area contributed by atoms with Gasteiger partial charge in [0.05, 0.1) is 12.3 Å². The fourth-order valence-corrected chi connectivity index (χ4v) is 2.77. The Bertz CT molecular complexity index is 389. The molecule has 0 bridgehead atoms. The van der Waals surface area contributed by atoms with Crippen LogP contribution in [0.25, 0.3) is 0 Å². The molecule has 1 saturated carbocycles. The standard InChI is InChI=1S/C14H23BrN2O/c1-14(2,3)10-17-13(15)12(9-16-17)18-11-7-5-4-6-8-11/h9,11H,4-8,10H2,1-3H3. The molecule has 0 spiro atoms. The van der Waals surface area contributed by atoms with Crippen molar-refractivity contribution in [3.63, 3.8) is 0 Å². The van der Waals surface area contributed by atoms with Gasteiger partial charge in [-0.1, -0.05) is 27.2 Å². The molecule has 18 heavy (non-hydrogen) atoms. The van der Waals surface area contributed by atoms with Crippen LogP contribution in [0.1, 0.15) is 52.9 Å². The first-order valence-electron chi connectivity index (χ1n) is 6.84. The quantitative estimate of drug-likeness (QED) is 0.826. The maximum Gasteiger partial charge on any atom is 0.172 e. The van der Waals surface area contributed by atoms with E-state index in [0.29, 0.717) is 6.10 Å². The number of hydrogen-bond donors (Lipinski definition) is 0. The maximum absolute atomic E-state index is 6.05. The van der Waals surface area contributed by atoms with E-state index < -0.39 is 0 Å². The van der Waals surface area contributed by atoms with Crippen molar-refractivity contribution in [2.24, 2.45) is 5.41 Å². The van der Waals surface area contributed by atoms with Crippen molar-refractivity contribution < 1.29 is 4.74 Å². The molecule has 0 aromatic carbocycles. The van der Waals surface area contributed by atoms with Crippen molar-refractivity contribution in [3.05, 3.63) is 10.8 Å². The third-order valence-corrected chi connectivity index (χ3v) is 4.01. The average Bonchev–Trinajstić information content (AvgIpc) is 2.61. The first-order chi connectivity index (χ1) is 8.46. The number of rotatable bonds is 3. The summed E-state index contributed by atoms with van der Waals surface area (Å²) in [6, 6.07) is 0. The van der Waals surface area contributed by atoms with Crippen LogP contribution in [0.15, 0.2) is 10.8 Å². The summed E-state index contributed by atoms with van der Waals surface area (Å²) in [5.74, 6) is 0.895. The van der Waals surface area contributed by atoms with Crippen molar-refractivity contribution in [3.8, 4) is 5.75 Å². The Morgan fingerprint density at radius 2 is 2.00 bits per heavy atom. The monoisotopic (exact) mass is 314 g/mol. The molecule has 0 aliphatic heterocycles. The van der Waals surface area contributed by atoms with E-state index in [9.17, 15) is 0 Å². The first kappa shape index (κ1) is 13.9. The Hall–Kier alpha value is -0.510. The molecule has 1 fully saturated rings. The lowest BCUT2D eigenvalue weighted by atomic mass is 9.97. The SMILES string of the molecule is CC(C)(C)Cn1ncc(OC2CCCCC2)c1Br. The summed E-state index contributed by atoms with van der Waals surface area (Å²) >= 11 is 3.61. The molecular formula is C14H23BrN2O. The molecule has 0 saturated heterocycles. The summed E-state index contributed by atoms with van der Waals surface area (Å²) in [7, 11) is 0. The minimum Gasteiger partial charge on any atom is -0.486 e. The molecular weight excluding hydrogens is 292 g/mol. The summed E-state index contributed by atoms with van der Waals surface area (Å²) in [5.41, 5.74) is 0.219. The number of nitrogens with zero attached hydrogens (tertiary/aromatic N) is 2. The number of halogens is 1. The molecule has 102 valence electrons. The van der Waals surface area contributed by atoms with E-state index in [2.05, 4.69) is 41.8 Å². The Labute approximate surface area is 118 Å². The average molecular weight is 315 g/mol. The van der Waals surface area contributed by atoms with E-state index in [1.54, 1.807) is 0 Å². The van der Waals surface area contributed by atoms with Crippen LogP contribution in [0.5, 0.6) is 5.75 Å². The van der Waals surface area contributed by atoms with Crippen LogP contribution >= 0.6 is 15.9 Å². The lowest BCUT2D eigenvalue weighted by Gasteiger charge is -2.22. The summed E-state index contributed by atoms with van der Waals surface area (Å²) < 4.78 is 9.01. The highest BCUT2D eigenvalue weighted by Gasteiger charge is 2.20. The van der Waals surface area contributed by atoms with Gasteiger partial charge in [-0.3, -0.25) is 4.68 Å². The van der Waals surface area contributed by atoms with Gasteiger partial charge in [0.1, 0.15) is 4.60 Å². The molecule has 1 aliphatic carbocycles. The molecule has 3 nitrogen and oxygen atoms in total. The molecule has 4 heteroatoms. The van der Waals surface area contributed by atoms with Crippen molar-refractivity contribution in [2.45, 2.75) is 65.5 Å². The topological polar surface area (TPSA) is 27.1 Å². The van der Waals surface area contributed by atoms with Crippen LogP contribution in [-0.2, 0) is 6.54 Å². The maximum atomic E-state index is 6.05. The zero-order valence-corrected chi connectivity index (χ0v) is 13.2. The van der Waals surface area contributed by atoms with Gasteiger partial charge >= 0.3 is 0 Å². The van der Waals surface area contributed by atoms with Gasteiger partial charge in [-0.25, -0.2) is 0 Å². The van der Waals surface area contributed by atoms with Gasteiger partial charge in [0.15, 0.2) is 5.75 Å². The third kappa shape index (κ3) is 3.74. The van der Waals surface area contributed by atoms with Gasteiger partial charge in [0, 0.05) is 6.54 Å². The zero-order chi connectivity index (χ0) is 13.2. The highest BCUT2D eigenvalue weighted by atomic mass is 79.9. The second-order valence-electron chi connectivity index (χ2n) is 6.40. The smallest absolute Gasteiger partial charge is 0.172 e. The van der Waals surface area contributed by atoms with Crippen LogP contribution in [0.4, 0.5) is 0 Å². The van der Waals surface area contributed by atoms with E-state index in [4.69, 9.17) is 4.74 Å². The van der Waals surface area contributed by atoms with Gasteiger partial charge in [-0.05, 0) is 47.0 Å². The molecule has 0 amide bonds. The van der Waals surface area contributed by atoms with Crippen LogP contribution in [0, 0.1) is 5.41 Å². The van der Waals surface area contributed by atoms with Crippen molar-refractivity contribution in [2.75, 3.05) is 0 Å². The highest BCUT2D eigenvalue weighted by Crippen LogP contribution is 2.30. The summed E-state index contributed by atoms with van der Waals surface area (Å²) in [6.07, 6.45) is 8.50. The van der Waals surface area contributed by atoms with Crippen molar-refractivity contribution in [1.82, 2.24) is 9.78 Å². The first-order valence-corrected chi connectivity index (χ1v) is 7.63. The molecule has 2 rings (SSSR count). The van der Waals surface area contributed by atoms with Gasteiger partial charge in [0.25, 0.3) is 0 Å². The fourth-order valence-electron chi connectivity index (χ4n) is 2.35. The molecule has 1 aromatic heterocycles. The molecule has 1 aliphatic rings. The molecule has 1 heterocycles. The van der Waals surface area contributed by atoms with Crippen LogP contribution in [0.2, 0.25) is 0 Å². The van der Waals surface area contributed by atoms with Gasteiger partial charge < -0.3 is 4.74 Å². The Balaban J connectivity index is 2.01. The zero-order valence-electron chi connectivity index (χ0n) is 11.6. The van der Waals surface area contributed by atoms with Gasteiger partial charge in [-0.15, -0.1) is 0 Å². The largest absolute Gasteiger partial charge is 0.486 e. The molecule has 0 atom stereocenters. The van der Waals surface area contributed by atoms with Crippen LogP contribution in [0.3, 0.4) is 0 Å². The Morgan fingerprint density at radius 3 is 2.61 bits per heavy atom. The Morgan fingerprint density at radius 1 is 1.33 bits per heavy atom. The second kappa shape index (κ2) is 5.64. The molecule has 0 radical (unpaired) electrons. The number of ether oxygens (including phenoxy) is 1. The van der Waals surface area contributed by atoms with Gasteiger partial charge in [0.2, 0.25) is 0 Å². The predicted molar refractivity (Wildman–Crippen MR) is 76.9 cm³/mol. The van der Waals surface area contributed by atoms with Gasteiger partial charge in [-0.2, -0.15) is 5.10 Å². The summed E-state index contributed by atoms with van der Waals surface area (Å²) in [6.45, 7) is 7.52. The van der Waals surface area contributed by atoms with E-state index in [0.717, 1.165) is 16.9 Å². The van der Waals surface area contributed by atoms with E-state index in [-0.39, 0.29) is 5.41 Å². The third-order valence-electron chi connectivity index (χ3n) is 3.21. The number of hydrogen-bond acceptors (Lipinski definition) is 2. The lowest BCUT2D eigenvalue weighted by molar-refractivity contribution is 0.153. The van der Waals surface area contributed by atoms with E-state index in [1.165, 1.54) is 32.1 Å². The summed E-state index contributed by atoms with van der Waals surface area (Å²) in [5, 5.41) is 4.41. The lowest BCUT2D eigenvalue weighted by Crippen LogP contribution is -2.20. The highest BCUT2D eigenvalue weighted by molar-refractivity contribution is 9.10. The fraction of sp³-hybridized carbons (Fsp3) is 0.786. The van der Waals surface area contributed by atoms with Crippen molar-refractivity contribution in [1.29, 1.82) is 0 Å². The predicted octanol–water partition coefficient (Wildman–Crippen LogP) is 4.40. The van der Waals surface area contributed by atoms with E-state index in [1.807, 2.05) is 10.9 Å². The number of aromatic nitrogens is 2. The second-order valence-corrected chi connectivity index (χ2v) is 7.15. The molecule has 0 unspecified atom stereocenters. The van der Waals surface area contributed by atoms with Crippen molar-refractivity contribution >= 4 is 15.9 Å².